The van der Waals surface area contributed by atoms with Gasteiger partial charge in [-0.2, -0.15) is 0 Å². The van der Waals surface area contributed by atoms with E-state index < -0.39 is 36.8 Å². The van der Waals surface area contributed by atoms with E-state index in [2.05, 4.69) is 10.6 Å². The molecule has 0 bridgehead atoms. The number of benzene rings is 2. The lowest BCUT2D eigenvalue weighted by Gasteiger charge is -2.13. The second-order valence-electron chi connectivity index (χ2n) is 6.11. The first-order valence-corrected chi connectivity index (χ1v) is 8.45. The summed E-state index contributed by atoms with van der Waals surface area (Å²) < 4.78 is 18.3. The molecule has 7 heteroatoms. The van der Waals surface area contributed by atoms with E-state index >= 15 is 0 Å². The fourth-order valence-corrected chi connectivity index (χ4v) is 2.39. The van der Waals surface area contributed by atoms with Crippen molar-refractivity contribution in [3.8, 4) is 0 Å². The number of halogens is 1. The third-order valence-corrected chi connectivity index (χ3v) is 3.73. The number of carbonyl (C=O) groups is 3. The Morgan fingerprint density at radius 3 is 2.41 bits per heavy atom. The SMILES string of the molecule is CC(C)c1ccccc1NC(=O)COC(=O)CNC(=O)c1ccccc1F. The zero-order valence-electron chi connectivity index (χ0n) is 15.1. The highest BCUT2D eigenvalue weighted by Gasteiger charge is 2.14. The summed E-state index contributed by atoms with van der Waals surface area (Å²) in [5, 5.41) is 4.94. The zero-order valence-corrected chi connectivity index (χ0v) is 15.1. The molecule has 0 heterocycles. The number of rotatable bonds is 7. The van der Waals surface area contributed by atoms with E-state index in [9.17, 15) is 18.8 Å². The van der Waals surface area contributed by atoms with E-state index in [-0.39, 0.29) is 11.5 Å². The molecular formula is C20H21FN2O4. The van der Waals surface area contributed by atoms with Gasteiger partial charge in [-0.3, -0.25) is 14.4 Å². The summed E-state index contributed by atoms with van der Waals surface area (Å²) in [6, 6.07) is 12.8. The van der Waals surface area contributed by atoms with Crippen molar-refractivity contribution in [2.45, 2.75) is 19.8 Å². The molecule has 0 aliphatic heterocycles. The number of hydrogen-bond donors (Lipinski definition) is 2. The van der Waals surface area contributed by atoms with E-state index in [1.165, 1.54) is 18.2 Å². The Labute approximate surface area is 156 Å². The van der Waals surface area contributed by atoms with Crippen LogP contribution in [0.1, 0.15) is 35.7 Å². The first-order valence-electron chi connectivity index (χ1n) is 8.45. The van der Waals surface area contributed by atoms with Crippen molar-refractivity contribution in [3.05, 3.63) is 65.5 Å². The molecule has 0 atom stereocenters. The van der Waals surface area contributed by atoms with Crippen LogP contribution in [-0.4, -0.2) is 30.9 Å². The molecule has 2 rings (SSSR count). The summed E-state index contributed by atoms with van der Waals surface area (Å²) in [5.41, 5.74) is 1.45. The zero-order chi connectivity index (χ0) is 19.8. The maximum atomic E-state index is 13.5. The standard InChI is InChI=1S/C20H21FN2O4/c1-13(2)14-7-4-6-10-17(14)23-18(24)12-27-19(25)11-22-20(26)15-8-3-5-9-16(15)21/h3-10,13H,11-12H2,1-2H3,(H,22,26)(H,23,24). The van der Waals surface area contributed by atoms with Crippen LogP contribution in [0.4, 0.5) is 10.1 Å². The molecule has 0 fully saturated rings. The lowest BCUT2D eigenvalue weighted by atomic mass is 10.0. The second kappa shape index (κ2) is 9.47. The number of anilines is 1. The van der Waals surface area contributed by atoms with Crippen LogP contribution in [0.3, 0.4) is 0 Å². The number of hydrogen-bond acceptors (Lipinski definition) is 4. The van der Waals surface area contributed by atoms with Gasteiger partial charge in [0.2, 0.25) is 0 Å². The molecule has 2 aromatic carbocycles. The first kappa shape index (κ1) is 20.1. The van der Waals surface area contributed by atoms with Gasteiger partial charge < -0.3 is 15.4 Å². The van der Waals surface area contributed by atoms with Gasteiger partial charge in [0.05, 0.1) is 5.56 Å². The Balaban J connectivity index is 1.79. The van der Waals surface area contributed by atoms with Crippen LogP contribution in [0.25, 0.3) is 0 Å². The molecule has 0 saturated carbocycles. The Morgan fingerprint density at radius 2 is 1.70 bits per heavy atom. The molecular weight excluding hydrogens is 351 g/mol. The summed E-state index contributed by atoms with van der Waals surface area (Å²) in [7, 11) is 0. The van der Waals surface area contributed by atoms with E-state index in [1.54, 1.807) is 12.1 Å². The summed E-state index contributed by atoms with van der Waals surface area (Å²) >= 11 is 0. The lowest BCUT2D eigenvalue weighted by Crippen LogP contribution is -2.32. The molecule has 142 valence electrons. The topological polar surface area (TPSA) is 84.5 Å². The van der Waals surface area contributed by atoms with Crippen LogP contribution in [0.5, 0.6) is 0 Å². The molecule has 27 heavy (non-hydrogen) atoms. The number of amides is 2. The smallest absolute Gasteiger partial charge is 0.325 e. The van der Waals surface area contributed by atoms with Gasteiger partial charge in [0.25, 0.3) is 11.8 Å². The van der Waals surface area contributed by atoms with Gasteiger partial charge in [0.1, 0.15) is 12.4 Å². The molecule has 0 aliphatic rings. The highest BCUT2D eigenvalue weighted by Crippen LogP contribution is 2.23. The van der Waals surface area contributed by atoms with Gasteiger partial charge in [-0.25, -0.2) is 4.39 Å². The van der Waals surface area contributed by atoms with Crippen LogP contribution in [-0.2, 0) is 14.3 Å². The molecule has 0 saturated heterocycles. The molecule has 2 N–H and O–H groups in total. The quantitative estimate of drug-likeness (QED) is 0.732. The molecule has 6 nitrogen and oxygen atoms in total. The van der Waals surface area contributed by atoms with Gasteiger partial charge >= 0.3 is 5.97 Å². The fourth-order valence-electron chi connectivity index (χ4n) is 2.39. The number of carbonyl (C=O) groups excluding carboxylic acids is 3. The maximum absolute atomic E-state index is 13.5. The predicted molar refractivity (Wildman–Crippen MR) is 98.9 cm³/mol. The van der Waals surface area contributed by atoms with Crippen molar-refractivity contribution in [1.82, 2.24) is 5.32 Å². The van der Waals surface area contributed by atoms with E-state index in [1.807, 2.05) is 26.0 Å². The predicted octanol–water partition coefficient (Wildman–Crippen LogP) is 2.86. The highest BCUT2D eigenvalue weighted by atomic mass is 19.1. The van der Waals surface area contributed by atoms with Crippen LogP contribution >= 0.6 is 0 Å². The molecule has 0 radical (unpaired) electrons. The number of ether oxygens (including phenoxy) is 1. The van der Waals surface area contributed by atoms with Crippen molar-refractivity contribution >= 4 is 23.5 Å². The molecule has 2 aromatic rings. The van der Waals surface area contributed by atoms with Gasteiger partial charge in [0, 0.05) is 5.69 Å². The van der Waals surface area contributed by atoms with Gasteiger partial charge in [-0.15, -0.1) is 0 Å². The largest absolute Gasteiger partial charge is 0.454 e. The van der Waals surface area contributed by atoms with Crippen molar-refractivity contribution in [3.63, 3.8) is 0 Å². The normalized spacial score (nSPS) is 10.4. The number of para-hydroxylation sites is 1. The Morgan fingerprint density at radius 1 is 1.04 bits per heavy atom. The molecule has 0 aliphatic carbocycles. The minimum Gasteiger partial charge on any atom is -0.454 e. The van der Waals surface area contributed by atoms with Crippen molar-refractivity contribution in [2.75, 3.05) is 18.5 Å². The number of nitrogens with one attached hydrogen (secondary N) is 2. The minimum atomic E-state index is -0.799. The minimum absolute atomic E-state index is 0.173. The van der Waals surface area contributed by atoms with Crippen LogP contribution < -0.4 is 10.6 Å². The molecule has 0 unspecified atom stereocenters. The van der Waals surface area contributed by atoms with Crippen LogP contribution in [0.2, 0.25) is 0 Å². The van der Waals surface area contributed by atoms with Crippen LogP contribution in [0, 0.1) is 5.82 Å². The number of esters is 1. The molecule has 2 amide bonds. The average Bonchev–Trinajstić information content (AvgIpc) is 2.65. The summed E-state index contributed by atoms with van der Waals surface area (Å²) in [6.45, 7) is 3.05. The van der Waals surface area contributed by atoms with Crippen molar-refractivity contribution < 1.29 is 23.5 Å². The third-order valence-electron chi connectivity index (χ3n) is 3.73. The van der Waals surface area contributed by atoms with Crippen LogP contribution in [0.15, 0.2) is 48.5 Å². The molecule has 0 spiro atoms. The lowest BCUT2D eigenvalue weighted by molar-refractivity contribution is -0.146. The first-order chi connectivity index (χ1) is 12.9. The van der Waals surface area contributed by atoms with E-state index in [4.69, 9.17) is 4.74 Å². The van der Waals surface area contributed by atoms with E-state index in [0.29, 0.717) is 5.69 Å². The Kier molecular flexibility index (Phi) is 7.05. The Bertz CT molecular complexity index is 836. The van der Waals surface area contributed by atoms with Crippen molar-refractivity contribution in [1.29, 1.82) is 0 Å². The maximum Gasteiger partial charge on any atom is 0.325 e. The molecule has 0 aromatic heterocycles. The van der Waals surface area contributed by atoms with Gasteiger partial charge in [0.15, 0.2) is 6.61 Å². The monoisotopic (exact) mass is 372 g/mol. The second-order valence-corrected chi connectivity index (χ2v) is 6.11. The summed E-state index contributed by atoms with van der Waals surface area (Å²) in [4.78, 5) is 35.5. The highest BCUT2D eigenvalue weighted by molar-refractivity contribution is 5.97. The van der Waals surface area contributed by atoms with Crippen molar-refractivity contribution in [2.24, 2.45) is 0 Å². The van der Waals surface area contributed by atoms with E-state index in [0.717, 1.165) is 11.6 Å². The third kappa shape index (κ3) is 5.91. The van der Waals surface area contributed by atoms with Gasteiger partial charge in [-0.05, 0) is 29.7 Å². The average molecular weight is 372 g/mol. The van der Waals surface area contributed by atoms with Gasteiger partial charge in [-0.1, -0.05) is 44.2 Å². The summed E-state index contributed by atoms with van der Waals surface area (Å²) in [6.07, 6.45) is 0. The Hall–Kier alpha value is -3.22. The fraction of sp³-hybridized carbons (Fsp3) is 0.250. The summed E-state index contributed by atoms with van der Waals surface area (Å²) in [5.74, 6) is -2.49.